The lowest BCUT2D eigenvalue weighted by molar-refractivity contribution is -0.124. The van der Waals surface area contributed by atoms with E-state index in [-0.39, 0.29) is 11.4 Å². The van der Waals surface area contributed by atoms with Gasteiger partial charge in [0.15, 0.2) is 0 Å². The van der Waals surface area contributed by atoms with E-state index in [2.05, 4.69) is 10.6 Å². The molecule has 3 heteroatoms. The van der Waals surface area contributed by atoms with E-state index in [1.165, 1.54) is 0 Å². The molecular weight excluding hydrogens is 212 g/mol. The van der Waals surface area contributed by atoms with Crippen molar-refractivity contribution >= 4 is 5.91 Å². The Labute approximate surface area is 103 Å². The van der Waals surface area contributed by atoms with Crippen molar-refractivity contribution in [2.75, 3.05) is 13.1 Å². The largest absolute Gasteiger partial charge is 0.347 e. The van der Waals surface area contributed by atoms with Gasteiger partial charge in [0.2, 0.25) is 5.91 Å². The molecule has 1 fully saturated rings. The normalized spacial score (nSPS) is 16.4. The van der Waals surface area contributed by atoms with Crippen LogP contribution in [0.25, 0.3) is 0 Å². The second-order valence-electron chi connectivity index (χ2n) is 5.27. The molecular formula is C14H20N2O. The van der Waals surface area contributed by atoms with Gasteiger partial charge < -0.3 is 10.6 Å². The topological polar surface area (TPSA) is 41.1 Å². The van der Waals surface area contributed by atoms with Crippen LogP contribution in [0.3, 0.4) is 0 Å². The van der Waals surface area contributed by atoms with E-state index in [0.717, 1.165) is 18.7 Å². The molecule has 1 amide bonds. The molecule has 1 aliphatic rings. The van der Waals surface area contributed by atoms with Crippen molar-refractivity contribution in [3.63, 3.8) is 0 Å². The van der Waals surface area contributed by atoms with Gasteiger partial charge in [0.05, 0.1) is 5.54 Å². The lowest BCUT2D eigenvalue weighted by Crippen LogP contribution is -2.47. The smallest absolute Gasteiger partial charge is 0.221 e. The van der Waals surface area contributed by atoms with Crippen LogP contribution in [0.5, 0.6) is 0 Å². The van der Waals surface area contributed by atoms with Gasteiger partial charge in [-0.3, -0.25) is 4.79 Å². The van der Waals surface area contributed by atoms with E-state index >= 15 is 0 Å². The Morgan fingerprint density at radius 1 is 1.35 bits per heavy atom. The Bertz CT molecular complexity index is 382. The second kappa shape index (κ2) is 4.88. The lowest BCUT2D eigenvalue weighted by atomic mass is 9.93. The summed E-state index contributed by atoms with van der Waals surface area (Å²) in [7, 11) is 0. The molecule has 1 aliphatic heterocycles. The summed E-state index contributed by atoms with van der Waals surface area (Å²) < 4.78 is 0. The molecule has 2 rings (SSSR count). The molecule has 1 aromatic rings. The molecule has 0 aliphatic carbocycles. The van der Waals surface area contributed by atoms with Crippen LogP contribution in [-0.4, -0.2) is 19.0 Å². The Hall–Kier alpha value is -1.35. The maximum Gasteiger partial charge on any atom is 0.221 e. The zero-order chi connectivity index (χ0) is 12.3. The number of carbonyl (C=O) groups is 1. The van der Waals surface area contributed by atoms with E-state index in [1.807, 2.05) is 44.2 Å². The van der Waals surface area contributed by atoms with Gasteiger partial charge in [-0.15, -0.1) is 0 Å². The number of benzene rings is 1. The summed E-state index contributed by atoms with van der Waals surface area (Å²) in [6, 6.07) is 10.1. The van der Waals surface area contributed by atoms with Crippen LogP contribution in [0.15, 0.2) is 30.3 Å². The molecule has 0 bridgehead atoms. The van der Waals surface area contributed by atoms with Gasteiger partial charge in [0.25, 0.3) is 0 Å². The molecule has 0 atom stereocenters. The first-order chi connectivity index (χ1) is 8.08. The van der Waals surface area contributed by atoms with Gasteiger partial charge in [-0.1, -0.05) is 30.3 Å². The summed E-state index contributed by atoms with van der Waals surface area (Å²) in [6.07, 6.45) is 0.628. The molecule has 1 aromatic carbocycles. The fraction of sp³-hybridized carbons (Fsp3) is 0.500. The van der Waals surface area contributed by atoms with E-state index in [4.69, 9.17) is 0 Å². The highest BCUT2D eigenvalue weighted by molar-refractivity contribution is 5.77. The van der Waals surface area contributed by atoms with Gasteiger partial charge in [0, 0.05) is 6.42 Å². The van der Waals surface area contributed by atoms with E-state index < -0.39 is 0 Å². The molecule has 2 N–H and O–H groups in total. The summed E-state index contributed by atoms with van der Waals surface area (Å²) in [5, 5.41) is 6.29. The molecule has 3 nitrogen and oxygen atoms in total. The Kier molecular flexibility index (Phi) is 3.48. The number of hydrogen-bond donors (Lipinski definition) is 2. The molecule has 0 spiro atoms. The third-order valence-corrected chi connectivity index (χ3v) is 3.29. The highest BCUT2D eigenvalue weighted by atomic mass is 16.1. The minimum Gasteiger partial charge on any atom is -0.347 e. The van der Waals surface area contributed by atoms with Crippen molar-refractivity contribution in [2.24, 2.45) is 5.92 Å². The molecule has 0 unspecified atom stereocenters. The van der Waals surface area contributed by atoms with Crippen LogP contribution in [0.4, 0.5) is 0 Å². The average molecular weight is 232 g/mol. The fourth-order valence-corrected chi connectivity index (χ4v) is 2.08. The first-order valence-electron chi connectivity index (χ1n) is 6.15. The van der Waals surface area contributed by atoms with Crippen LogP contribution >= 0.6 is 0 Å². The van der Waals surface area contributed by atoms with Crippen molar-refractivity contribution in [1.29, 1.82) is 0 Å². The van der Waals surface area contributed by atoms with Crippen molar-refractivity contribution in [3.05, 3.63) is 35.9 Å². The van der Waals surface area contributed by atoms with Gasteiger partial charge in [-0.05, 0) is 38.4 Å². The predicted octanol–water partition coefficient (Wildman–Crippen LogP) is 1.65. The van der Waals surface area contributed by atoms with E-state index in [1.54, 1.807) is 0 Å². The summed E-state index contributed by atoms with van der Waals surface area (Å²) in [4.78, 5) is 11.9. The van der Waals surface area contributed by atoms with Gasteiger partial charge in [-0.25, -0.2) is 0 Å². The molecule has 17 heavy (non-hydrogen) atoms. The van der Waals surface area contributed by atoms with Crippen LogP contribution in [0.1, 0.15) is 25.8 Å². The van der Waals surface area contributed by atoms with Crippen LogP contribution in [0.2, 0.25) is 0 Å². The van der Waals surface area contributed by atoms with Crippen LogP contribution in [0, 0.1) is 5.92 Å². The standard InChI is InChI=1S/C14H20N2O/c1-14(2,12-6-4-3-5-7-12)16-13(17)8-11-9-15-10-11/h3-7,11,15H,8-10H2,1-2H3,(H,16,17). The number of amides is 1. The summed E-state index contributed by atoms with van der Waals surface area (Å²) in [6.45, 7) is 6.02. The molecule has 92 valence electrons. The molecule has 1 heterocycles. The number of rotatable bonds is 4. The summed E-state index contributed by atoms with van der Waals surface area (Å²) in [5.41, 5.74) is 0.843. The SMILES string of the molecule is CC(C)(NC(=O)CC1CNC1)c1ccccc1. The fourth-order valence-electron chi connectivity index (χ4n) is 2.08. The Morgan fingerprint density at radius 2 is 2.00 bits per heavy atom. The first kappa shape index (κ1) is 12.1. The Balaban J connectivity index is 1.94. The predicted molar refractivity (Wildman–Crippen MR) is 68.6 cm³/mol. The van der Waals surface area contributed by atoms with Gasteiger partial charge in [0.1, 0.15) is 0 Å². The van der Waals surface area contributed by atoms with E-state index in [9.17, 15) is 4.79 Å². The van der Waals surface area contributed by atoms with Crippen molar-refractivity contribution in [2.45, 2.75) is 25.8 Å². The number of nitrogens with one attached hydrogen (secondary N) is 2. The van der Waals surface area contributed by atoms with Crippen LogP contribution in [-0.2, 0) is 10.3 Å². The lowest BCUT2D eigenvalue weighted by Gasteiger charge is -2.30. The monoisotopic (exact) mass is 232 g/mol. The average Bonchev–Trinajstić information content (AvgIpc) is 2.24. The molecule has 0 aromatic heterocycles. The van der Waals surface area contributed by atoms with Crippen molar-refractivity contribution in [1.82, 2.24) is 10.6 Å². The van der Waals surface area contributed by atoms with E-state index in [0.29, 0.717) is 12.3 Å². The zero-order valence-corrected chi connectivity index (χ0v) is 10.5. The maximum absolute atomic E-state index is 11.9. The van der Waals surface area contributed by atoms with Crippen molar-refractivity contribution < 1.29 is 4.79 Å². The second-order valence-corrected chi connectivity index (χ2v) is 5.27. The highest BCUT2D eigenvalue weighted by Crippen LogP contribution is 2.20. The first-order valence-corrected chi connectivity index (χ1v) is 6.15. The summed E-state index contributed by atoms with van der Waals surface area (Å²) >= 11 is 0. The third-order valence-electron chi connectivity index (χ3n) is 3.29. The quantitative estimate of drug-likeness (QED) is 0.828. The maximum atomic E-state index is 11.9. The Morgan fingerprint density at radius 3 is 2.53 bits per heavy atom. The van der Waals surface area contributed by atoms with Crippen molar-refractivity contribution in [3.8, 4) is 0 Å². The van der Waals surface area contributed by atoms with Crippen LogP contribution < -0.4 is 10.6 Å². The highest BCUT2D eigenvalue weighted by Gasteiger charge is 2.25. The number of hydrogen-bond acceptors (Lipinski definition) is 2. The molecule has 0 saturated carbocycles. The molecule has 1 saturated heterocycles. The number of carbonyl (C=O) groups excluding carboxylic acids is 1. The third kappa shape index (κ3) is 3.07. The van der Waals surface area contributed by atoms with Gasteiger partial charge in [-0.2, -0.15) is 0 Å². The molecule has 0 radical (unpaired) electrons. The minimum atomic E-state index is -0.296. The zero-order valence-electron chi connectivity index (χ0n) is 10.5. The minimum absolute atomic E-state index is 0.144. The summed E-state index contributed by atoms with van der Waals surface area (Å²) in [5.74, 6) is 0.659. The van der Waals surface area contributed by atoms with Gasteiger partial charge >= 0.3 is 0 Å².